The number of hydrazine groups is 2. The molecule has 0 aliphatic heterocycles. The molecule has 0 spiro atoms. The maximum absolute atomic E-state index is 13.7. The average Bonchev–Trinajstić information content (AvgIpc) is 3.30. The predicted octanol–water partition coefficient (Wildman–Crippen LogP) is 1.57. The van der Waals surface area contributed by atoms with Crippen molar-refractivity contribution >= 4 is 171 Å². The molecule has 28 heteroatoms. The zero-order chi connectivity index (χ0) is 53.3. The third-order valence-electron chi connectivity index (χ3n) is 10.0. The summed E-state index contributed by atoms with van der Waals surface area (Å²) in [5, 5.41) is 66.2. The standard InChI is InChI=1S/C42H58I6N6O16/c1-21(59)35(61)23-29(43)25(37(63)51-41(3,17-55)18-56)33(47)27(31(23)45)39(65)53(49)7-5-9-67-11-13-69-15-16-70-14-12-68-10-6-8-54(50)40(66)28-32(46)24(36(62)22(2)60)30(44)26(34(28)48)38(64)52-42(4,19-57)20-58/h21-22,55-60H,5-20,49-50H2,1-4H3,(H,51,63)(H,52,64). The fourth-order valence-electron chi connectivity index (χ4n) is 5.81. The minimum atomic E-state index is -1.44. The number of nitrogens with zero attached hydrogens (tertiary/aromatic N) is 2. The normalized spacial score (nSPS) is 12.7. The summed E-state index contributed by atoms with van der Waals surface area (Å²) >= 11 is 10.9. The van der Waals surface area contributed by atoms with E-state index in [1.165, 1.54) is 27.7 Å². The van der Waals surface area contributed by atoms with Gasteiger partial charge in [-0.05, 0) is 176 Å². The summed E-state index contributed by atoms with van der Waals surface area (Å²) in [7, 11) is 0. The molecule has 2 aromatic carbocycles. The number of hydrogen-bond donors (Lipinski definition) is 10. The highest BCUT2D eigenvalue weighted by molar-refractivity contribution is 14.1. The Labute approximate surface area is 486 Å². The van der Waals surface area contributed by atoms with E-state index in [1.54, 1.807) is 45.2 Å². The molecule has 0 aromatic heterocycles. The number of aliphatic hydroxyl groups is 6. The Morgan fingerprint density at radius 2 is 0.729 bits per heavy atom. The second-order valence-electron chi connectivity index (χ2n) is 16.0. The highest BCUT2D eigenvalue weighted by atomic mass is 127. The smallest absolute Gasteiger partial charge is 0.269 e. The van der Waals surface area contributed by atoms with Crippen molar-refractivity contribution in [3.05, 3.63) is 54.8 Å². The highest BCUT2D eigenvalue weighted by Crippen LogP contribution is 2.36. The number of Topliss-reactive ketones (excluding diaryl/α,β-unsaturated/α-hetero) is 2. The summed E-state index contributed by atoms with van der Waals surface area (Å²) in [5.74, 6) is 8.01. The van der Waals surface area contributed by atoms with Crippen molar-refractivity contribution in [3.63, 3.8) is 0 Å². The molecule has 0 radical (unpaired) electrons. The summed E-state index contributed by atoms with van der Waals surface area (Å²) < 4.78 is 23.4. The van der Waals surface area contributed by atoms with Gasteiger partial charge in [-0.1, -0.05) is 0 Å². The van der Waals surface area contributed by atoms with Crippen molar-refractivity contribution in [2.24, 2.45) is 11.7 Å². The number of ether oxygens (including phenoxy) is 4. The van der Waals surface area contributed by atoms with E-state index < -0.39 is 84.9 Å². The van der Waals surface area contributed by atoms with E-state index in [0.29, 0.717) is 12.8 Å². The number of nitrogens with one attached hydrogen (secondary N) is 2. The molecular formula is C42H58I6N6O16. The molecule has 2 unspecified atom stereocenters. The maximum atomic E-state index is 13.7. The van der Waals surface area contributed by atoms with Gasteiger partial charge in [-0.25, -0.2) is 11.7 Å². The second kappa shape index (κ2) is 31.6. The van der Waals surface area contributed by atoms with E-state index in [0.717, 1.165) is 10.0 Å². The van der Waals surface area contributed by atoms with Gasteiger partial charge in [0.15, 0.2) is 11.6 Å². The third kappa shape index (κ3) is 18.1. The Hall–Kier alpha value is -0.440. The van der Waals surface area contributed by atoms with Crippen LogP contribution in [0.1, 0.15) is 103 Å². The van der Waals surface area contributed by atoms with Gasteiger partial charge in [-0.3, -0.25) is 38.8 Å². The number of rotatable bonds is 31. The molecule has 0 fully saturated rings. The summed E-state index contributed by atoms with van der Waals surface area (Å²) in [6, 6.07) is 0. The highest BCUT2D eigenvalue weighted by Gasteiger charge is 2.37. The van der Waals surface area contributed by atoms with Crippen LogP contribution in [-0.4, -0.2) is 192 Å². The number of carbonyl (C=O) groups is 6. The van der Waals surface area contributed by atoms with Gasteiger partial charge >= 0.3 is 0 Å². The van der Waals surface area contributed by atoms with Crippen molar-refractivity contribution in [2.75, 3.05) is 92.4 Å². The molecule has 0 saturated heterocycles. The summed E-state index contributed by atoms with van der Waals surface area (Å²) in [4.78, 5) is 80.5. The summed E-state index contributed by atoms with van der Waals surface area (Å²) in [5.41, 5.74) is -3.02. The van der Waals surface area contributed by atoms with E-state index in [-0.39, 0.29) is 121 Å². The number of amides is 4. The quantitative estimate of drug-likeness (QED) is 0.0128. The largest absolute Gasteiger partial charge is 0.394 e. The second-order valence-corrected chi connectivity index (χ2v) is 22.5. The lowest BCUT2D eigenvalue weighted by Crippen LogP contribution is -2.52. The Kier molecular flexibility index (Phi) is 29.6. The molecule has 0 aliphatic rings. The minimum absolute atomic E-state index is 0.0216. The first-order valence-corrected chi connectivity index (χ1v) is 27.7. The Bertz CT molecular complexity index is 2030. The third-order valence-corrected chi connectivity index (χ3v) is 16.5. The van der Waals surface area contributed by atoms with Crippen LogP contribution in [0, 0.1) is 21.4 Å². The maximum Gasteiger partial charge on any atom is 0.269 e. The number of hydrogen-bond acceptors (Lipinski definition) is 18. The molecule has 394 valence electrons. The lowest BCUT2D eigenvalue weighted by molar-refractivity contribution is -0.00319. The van der Waals surface area contributed by atoms with Crippen LogP contribution >= 0.6 is 136 Å². The fourth-order valence-corrected chi connectivity index (χ4v) is 15.1. The van der Waals surface area contributed by atoms with Gasteiger partial charge in [0.1, 0.15) is 12.2 Å². The van der Waals surface area contributed by atoms with Crippen molar-refractivity contribution in [2.45, 2.75) is 63.8 Å². The van der Waals surface area contributed by atoms with E-state index >= 15 is 0 Å². The van der Waals surface area contributed by atoms with Crippen molar-refractivity contribution in [3.8, 4) is 0 Å². The Balaban J connectivity index is 1.81. The Morgan fingerprint density at radius 1 is 0.486 bits per heavy atom. The number of benzene rings is 2. The van der Waals surface area contributed by atoms with E-state index in [4.69, 9.17) is 30.6 Å². The van der Waals surface area contributed by atoms with E-state index in [9.17, 15) is 59.4 Å². The number of nitrogens with two attached hydrogens (primary N) is 2. The molecule has 0 saturated carbocycles. The van der Waals surface area contributed by atoms with Crippen LogP contribution < -0.4 is 22.3 Å². The van der Waals surface area contributed by atoms with Gasteiger partial charge in [0.2, 0.25) is 0 Å². The molecular weight excluding hydrogens is 1610 g/mol. The van der Waals surface area contributed by atoms with E-state index in [2.05, 4.69) is 10.6 Å². The molecule has 12 N–H and O–H groups in total. The Morgan fingerprint density at radius 3 is 0.986 bits per heavy atom. The van der Waals surface area contributed by atoms with Crippen LogP contribution in [0.2, 0.25) is 0 Å². The number of ketones is 2. The molecule has 2 atom stereocenters. The molecule has 4 amide bonds. The molecule has 0 heterocycles. The van der Waals surface area contributed by atoms with Crippen LogP contribution in [0.5, 0.6) is 0 Å². The lowest BCUT2D eigenvalue weighted by Gasteiger charge is -2.28. The first-order valence-electron chi connectivity index (χ1n) is 21.2. The average molecular weight is 1660 g/mol. The van der Waals surface area contributed by atoms with Gasteiger partial charge in [0.05, 0.1) is 99.4 Å². The molecule has 2 rings (SSSR count). The molecule has 70 heavy (non-hydrogen) atoms. The lowest BCUT2D eigenvalue weighted by atomic mass is 9.98. The van der Waals surface area contributed by atoms with Gasteiger partial charge in [0, 0.05) is 58.9 Å². The van der Waals surface area contributed by atoms with Crippen LogP contribution in [0.3, 0.4) is 0 Å². The first-order chi connectivity index (χ1) is 32.8. The van der Waals surface area contributed by atoms with Gasteiger partial charge in [-0.15, -0.1) is 0 Å². The topological polar surface area (TPSA) is 343 Å². The summed E-state index contributed by atoms with van der Waals surface area (Å²) in [6.45, 7) is 5.14. The minimum Gasteiger partial charge on any atom is -0.394 e. The van der Waals surface area contributed by atoms with Crippen LogP contribution in [0.25, 0.3) is 0 Å². The molecule has 0 bridgehead atoms. The predicted molar refractivity (Wildman–Crippen MR) is 304 cm³/mol. The van der Waals surface area contributed by atoms with Crippen LogP contribution in [0.15, 0.2) is 0 Å². The van der Waals surface area contributed by atoms with E-state index in [1.807, 2.05) is 90.4 Å². The van der Waals surface area contributed by atoms with Crippen molar-refractivity contribution in [1.29, 1.82) is 0 Å². The number of aliphatic hydroxyl groups excluding tert-OH is 6. The molecule has 0 aliphatic carbocycles. The molecule has 2 aromatic rings. The van der Waals surface area contributed by atoms with Gasteiger partial charge in [0.25, 0.3) is 23.6 Å². The van der Waals surface area contributed by atoms with Crippen molar-refractivity contribution in [1.82, 2.24) is 20.7 Å². The van der Waals surface area contributed by atoms with Gasteiger partial charge < -0.3 is 60.2 Å². The zero-order valence-electron chi connectivity index (χ0n) is 38.6. The number of carbonyl (C=O) groups excluding carboxylic acids is 6. The summed E-state index contributed by atoms with van der Waals surface area (Å²) in [6.07, 6.45) is -2.22. The first kappa shape index (κ1) is 65.7. The number of halogens is 6. The molecule has 22 nitrogen and oxygen atoms in total. The SMILES string of the molecule is CC(O)C(=O)c1c(I)c(C(=O)NC(C)(CO)CO)c(I)c(C(=O)N(N)CCCOCCOCCOCCOCCCN(N)C(=O)c2c(I)c(C(=O)NC(C)(CO)CO)c(I)c(C(=O)C(C)O)c2I)c1I. The zero-order valence-corrected chi connectivity index (χ0v) is 51.5. The van der Waals surface area contributed by atoms with Crippen molar-refractivity contribution < 1.29 is 78.4 Å². The fraction of sp³-hybridized carbons (Fsp3) is 0.571. The monoisotopic (exact) mass is 1660 g/mol. The van der Waals surface area contributed by atoms with Gasteiger partial charge in [-0.2, -0.15) is 0 Å². The van der Waals surface area contributed by atoms with Crippen LogP contribution in [-0.2, 0) is 18.9 Å². The van der Waals surface area contributed by atoms with Crippen LogP contribution in [0.4, 0.5) is 0 Å².